The van der Waals surface area contributed by atoms with E-state index in [1.165, 1.54) is 5.69 Å². The Morgan fingerprint density at radius 1 is 1.61 bits per heavy atom. The molecular weight excluding hydrogens is 230 g/mol. The molecule has 1 aromatic rings. The number of aliphatic carboxylic acids is 1. The summed E-state index contributed by atoms with van der Waals surface area (Å²) in [6.07, 6.45) is 6.06. The van der Waals surface area contributed by atoms with Crippen LogP contribution in [0.25, 0.3) is 0 Å². The number of aromatic nitrogens is 2. The van der Waals surface area contributed by atoms with Gasteiger partial charge in [-0.2, -0.15) is 0 Å². The van der Waals surface area contributed by atoms with Crippen molar-refractivity contribution in [1.82, 2.24) is 14.5 Å². The van der Waals surface area contributed by atoms with Crippen LogP contribution in [-0.2, 0) is 11.3 Å². The van der Waals surface area contributed by atoms with E-state index in [0.29, 0.717) is 6.04 Å². The second-order valence-electron chi connectivity index (χ2n) is 5.25. The van der Waals surface area contributed by atoms with Crippen molar-refractivity contribution in [3.63, 3.8) is 0 Å². The van der Waals surface area contributed by atoms with Gasteiger partial charge < -0.3 is 9.67 Å². The Morgan fingerprint density at radius 2 is 2.39 bits per heavy atom. The molecule has 1 aliphatic heterocycles. The minimum atomic E-state index is -0.704. The molecule has 1 atom stereocenters. The van der Waals surface area contributed by atoms with Gasteiger partial charge in [-0.1, -0.05) is 0 Å². The number of nitrogens with zero attached hydrogens (tertiary/aromatic N) is 3. The summed E-state index contributed by atoms with van der Waals surface area (Å²) in [6.45, 7) is 6.05. The monoisotopic (exact) mass is 251 g/mol. The van der Waals surface area contributed by atoms with E-state index in [9.17, 15) is 4.79 Å². The highest BCUT2D eigenvalue weighted by Crippen LogP contribution is 2.23. The van der Waals surface area contributed by atoms with Crippen LogP contribution in [0.15, 0.2) is 12.5 Å². The highest BCUT2D eigenvalue weighted by Gasteiger charge is 2.27. The van der Waals surface area contributed by atoms with Crippen molar-refractivity contribution in [2.75, 3.05) is 6.54 Å². The Kier molecular flexibility index (Phi) is 4.01. The first kappa shape index (κ1) is 13.1. The second kappa shape index (κ2) is 5.52. The average molecular weight is 251 g/mol. The lowest BCUT2D eigenvalue weighted by Crippen LogP contribution is -2.31. The maximum atomic E-state index is 10.8. The number of likely N-dealkylation sites (tertiary alicyclic amines) is 1. The Labute approximate surface area is 107 Å². The molecule has 5 nitrogen and oxygen atoms in total. The molecule has 100 valence electrons. The van der Waals surface area contributed by atoms with E-state index in [2.05, 4.69) is 28.3 Å². The Balaban J connectivity index is 2.03. The highest BCUT2D eigenvalue weighted by molar-refractivity contribution is 5.67. The second-order valence-corrected chi connectivity index (χ2v) is 5.25. The fraction of sp³-hybridized carbons (Fsp3) is 0.692. The topological polar surface area (TPSA) is 58.4 Å². The Hall–Kier alpha value is -1.36. The van der Waals surface area contributed by atoms with Gasteiger partial charge in [-0.3, -0.25) is 9.69 Å². The number of carboxylic acids is 1. The molecule has 2 rings (SSSR count). The summed E-state index contributed by atoms with van der Waals surface area (Å²) in [5, 5.41) is 8.92. The van der Waals surface area contributed by atoms with Crippen LogP contribution in [0, 0.1) is 0 Å². The van der Waals surface area contributed by atoms with Crippen molar-refractivity contribution in [3.05, 3.63) is 18.2 Å². The maximum Gasteiger partial charge on any atom is 0.304 e. The zero-order valence-electron chi connectivity index (χ0n) is 11.0. The van der Waals surface area contributed by atoms with E-state index in [0.717, 1.165) is 25.9 Å². The van der Waals surface area contributed by atoms with Gasteiger partial charge in [-0.15, -0.1) is 0 Å². The van der Waals surface area contributed by atoms with Crippen molar-refractivity contribution in [3.8, 4) is 0 Å². The van der Waals surface area contributed by atoms with Gasteiger partial charge >= 0.3 is 5.97 Å². The molecule has 0 amide bonds. The van der Waals surface area contributed by atoms with Crippen molar-refractivity contribution < 1.29 is 9.90 Å². The number of hydrogen-bond donors (Lipinski definition) is 1. The van der Waals surface area contributed by atoms with Crippen molar-refractivity contribution >= 4 is 5.97 Å². The van der Waals surface area contributed by atoms with Gasteiger partial charge in [0, 0.05) is 24.8 Å². The van der Waals surface area contributed by atoms with E-state index in [1.807, 2.05) is 12.5 Å². The van der Waals surface area contributed by atoms with Crippen molar-refractivity contribution in [2.24, 2.45) is 0 Å². The molecule has 1 aromatic heterocycles. The van der Waals surface area contributed by atoms with Gasteiger partial charge in [-0.25, -0.2) is 4.98 Å². The molecule has 1 aliphatic rings. The molecule has 0 spiro atoms. The van der Waals surface area contributed by atoms with Gasteiger partial charge in [0.15, 0.2) is 0 Å². The first-order valence-corrected chi connectivity index (χ1v) is 6.54. The van der Waals surface area contributed by atoms with Crippen LogP contribution in [0.3, 0.4) is 0 Å². The predicted octanol–water partition coefficient (Wildman–Crippen LogP) is 1.90. The van der Waals surface area contributed by atoms with Gasteiger partial charge in [0.1, 0.15) is 0 Å². The quantitative estimate of drug-likeness (QED) is 0.868. The SMILES string of the molecule is CC(C)n1cncc1CN1CCCC1CC(=O)O. The van der Waals surface area contributed by atoms with Gasteiger partial charge in [0.05, 0.1) is 18.4 Å². The molecule has 5 heteroatoms. The van der Waals surface area contributed by atoms with E-state index < -0.39 is 5.97 Å². The summed E-state index contributed by atoms with van der Waals surface area (Å²) in [7, 11) is 0. The molecule has 1 fully saturated rings. The standard InChI is InChI=1S/C13H21N3O2/c1-10(2)16-9-14-7-12(16)8-15-5-3-4-11(15)6-13(17)18/h7,9-11H,3-6,8H2,1-2H3,(H,17,18). The lowest BCUT2D eigenvalue weighted by molar-refractivity contribution is -0.138. The molecule has 1 N–H and O–H groups in total. The smallest absolute Gasteiger partial charge is 0.304 e. The van der Waals surface area contributed by atoms with E-state index in [4.69, 9.17) is 5.11 Å². The van der Waals surface area contributed by atoms with Crippen molar-refractivity contribution in [1.29, 1.82) is 0 Å². The number of imidazole rings is 1. The van der Waals surface area contributed by atoms with Crippen LogP contribution in [-0.4, -0.2) is 38.1 Å². The van der Waals surface area contributed by atoms with Crippen LogP contribution in [0.2, 0.25) is 0 Å². The van der Waals surface area contributed by atoms with Crippen LogP contribution >= 0.6 is 0 Å². The number of rotatable bonds is 5. The normalized spacial score (nSPS) is 20.7. The molecule has 0 aromatic carbocycles. The van der Waals surface area contributed by atoms with Crippen LogP contribution in [0.1, 0.15) is 44.8 Å². The third kappa shape index (κ3) is 2.90. The highest BCUT2D eigenvalue weighted by atomic mass is 16.4. The average Bonchev–Trinajstić information content (AvgIpc) is 2.88. The molecule has 2 heterocycles. The molecule has 18 heavy (non-hydrogen) atoms. The summed E-state index contributed by atoms with van der Waals surface area (Å²) in [4.78, 5) is 17.3. The fourth-order valence-electron chi connectivity index (χ4n) is 2.66. The van der Waals surface area contributed by atoms with E-state index >= 15 is 0 Å². The van der Waals surface area contributed by atoms with Crippen molar-refractivity contribution in [2.45, 2.75) is 51.7 Å². The summed E-state index contributed by atoms with van der Waals surface area (Å²) in [5.74, 6) is -0.704. The fourth-order valence-corrected chi connectivity index (χ4v) is 2.66. The zero-order chi connectivity index (χ0) is 13.1. The molecule has 1 saturated heterocycles. The van der Waals surface area contributed by atoms with Crippen LogP contribution < -0.4 is 0 Å². The zero-order valence-corrected chi connectivity index (χ0v) is 11.0. The Bertz CT molecular complexity index is 414. The van der Waals surface area contributed by atoms with E-state index in [1.54, 1.807) is 0 Å². The summed E-state index contributed by atoms with van der Waals surface area (Å²) in [5.41, 5.74) is 1.17. The molecule has 0 bridgehead atoms. The minimum Gasteiger partial charge on any atom is -0.481 e. The lowest BCUT2D eigenvalue weighted by atomic mass is 10.1. The third-order valence-corrected chi connectivity index (χ3v) is 3.58. The number of hydrogen-bond acceptors (Lipinski definition) is 3. The van der Waals surface area contributed by atoms with E-state index in [-0.39, 0.29) is 12.5 Å². The summed E-state index contributed by atoms with van der Waals surface area (Å²) in [6, 6.07) is 0.570. The van der Waals surface area contributed by atoms with Crippen LogP contribution in [0.4, 0.5) is 0 Å². The Morgan fingerprint density at radius 3 is 3.06 bits per heavy atom. The number of carbonyl (C=O) groups is 1. The van der Waals surface area contributed by atoms with Crippen LogP contribution in [0.5, 0.6) is 0 Å². The molecule has 1 unspecified atom stereocenters. The first-order chi connectivity index (χ1) is 8.58. The van der Waals surface area contributed by atoms with Gasteiger partial charge in [0.2, 0.25) is 0 Å². The number of carboxylic acid groups (broad SMARTS) is 1. The predicted molar refractivity (Wildman–Crippen MR) is 68.3 cm³/mol. The summed E-state index contributed by atoms with van der Waals surface area (Å²) < 4.78 is 2.15. The molecule has 0 radical (unpaired) electrons. The maximum absolute atomic E-state index is 10.8. The molecule has 0 aliphatic carbocycles. The lowest BCUT2D eigenvalue weighted by Gasteiger charge is -2.24. The first-order valence-electron chi connectivity index (χ1n) is 6.54. The minimum absolute atomic E-state index is 0.179. The summed E-state index contributed by atoms with van der Waals surface area (Å²) >= 11 is 0. The van der Waals surface area contributed by atoms with Gasteiger partial charge in [0.25, 0.3) is 0 Å². The largest absolute Gasteiger partial charge is 0.481 e. The molecular formula is C13H21N3O2. The van der Waals surface area contributed by atoms with Gasteiger partial charge in [-0.05, 0) is 33.2 Å². The molecule has 0 saturated carbocycles. The third-order valence-electron chi connectivity index (χ3n) is 3.58.